The van der Waals surface area contributed by atoms with Gasteiger partial charge >= 0.3 is 0 Å². The van der Waals surface area contributed by atoms with Crippen molar-refractivity contribution in [1.29, 1.82) is 0 Å². The van der Waals surface area contributed by atoms with E-state index in [1.165, 1.54) is 13.8 Å². The minimum absolute atomic E-state index is 0.122. The third-order valence-electron chi connectivity index (χ3n) is 3.63. The Balaban J connectivity index is 2.37. The molecular weight excluding hydrogens is 292 g/mol. The molecule has 5 nitrogen and oxygen atoms in total. The lowest BCUT2D eigenvalue weighted by molar-refractivity contribution is -0.115. The summed E-state index contributed by atoms with van der Waals surface area (Å²) in [5.74, 6) is -0.253. The van der Waals surface area contributed by atoms with Gasteiger partial charge in [0.25, 0.3) is 0 Å². The molecule has 0 unspecified atom stereocenters. The molecule has 0 fully saturated rings. The van der Waals surface area contributed by atoms with Gasteiger partial charge in [0.1, 0.15) is 5.75 Å². The molecule has 0 aromatic heterocycles. The molecule has 5 heteroatoms. The van der Waals surface area contributed by atoms with Crippen molar-refractivity contribution in [2.24, 2.45) is 0 Å². The normalized spacial score (nSPS) is 10.7. The SMILES string of the molecule is CC(=O)Nc1cccc2c(O)c3cccc(NC(C)=O)c3cc12. The van der Waals surface area contributed by atoms with Gasteiger partial charge in [0, 0.05) is 46.8 Å². The van der Waals surface area contributed by atoms with Gasteiger partial charge in [-0.2, -0.15) is 0 Å². The Morgan fingerprint density at radius 3 is 1.61 bits per heavy atom. The third kappa shape index (κ3) is 2.68. The van der Waals surface area contributed by atoms with E-state index in [2.05, 4.69) is 10.6 Å². The maximum Gasteiger partial charge on any atom is 0.221 e. The van der Waals surface area contributed by atoms with E-state index in [0.717, 1.165) is 0 Å². The number of amides is 2. The number of phenolic OH excluding ortho intramolecular Hbond substituents is 1. The average molecular weight is 308 g/mol. The van der Waals surface area contributed by atoms with E-state index in [1.807, 2.05) is 6.07 Å². The van der Waals surface area contributed by atoms with Crippen molar-refractivity contribution in [3.8, 4) is 5.75 Å². The molecule has 0 saturated heterocycles. The Morgan fingerprint density at radius 1 is 0.783 bits per heavy atom. The van der Waals surface area contributed by atoms with Gasteiger partial charge in [-0.25, -0.2) is 0 Å². The lowest BCUT2D eigenvalue weighted by atomic mass is 9.99. The highest BCUT2D eigenvalue weighted by molar-refractivity contribution is 6.15. The van der Waals surface area contributed by atoms with Crippen molar-refractivity contribution in [2.75, 3.05) is 10.6 Å². The molecule has 0 aliphatic heterocycles. The minimum atomic E-state index is -0.188. The van der Waals surface area contributed by atoms with Crippen LogP contribution in [0.5, 0.6) is 5.75 Å². The zero-order chi connectivity index (χ0) is 16.6. The van der Waals surface area contributed by atoms with Crippen LogP contribution in [0.1, 0.15) is 13.8 Å². The molecule has 0 radical (unpaired) electrons. The van der Waals surface area contributed by atoms with E-state index >= 15 is 0 Å². The van der Waals surface area contributed by atoms with Gasteiger partial charge in [-0.1, -0.05) is 24.3 Å². The zero-order valence-electron chi connectivity index (χ0n) is 12.8. The highest BCUT2D eigenvalue weighted by atomic mass is 16.3. The van der Waals surface area contributed by atoms with Gasteiger partial charge in [-0.3, -0.25) is 9.59 Å². The fraction of sp³-hybridized carbons (Fsp3) is 0.111. The first-order valence-corrected chi connectivity index (χ1v) is 7.20. The smallest absolute Gasteiger partial charge is 0.221 e. The van der Waals surface area contributed by atoms with Crippen LogP contribution in [0.25, 0.3) is 21.5 Å². The summed E-state index contributed by atoms with van der Waals surface area (Å²) in [6.07, 6.45) is 0. The summed E-state index contributed by atoms with van der Waals surface area (Å²) in [6, 6.07) is 12.5. The van der Waals surface area contributed by atoms with Crippen LogP contribution in [-0.2, 0) is 9.59 Å². The van der Waals surface area contributed by atoms with Crippen molar-refractivity contribution in [3.63, 3.8) is 0 Å². The van der Waals surface area contributed by atoms with Crippen LogP contribution in [-0.4, -0.2) is 16.9 Å². The Kier molecular flexibility index (Phi) is 3.62. The van der Waals surface area contributed by atoms with Crippen molar-refractivity contribution in [2.45, 2.75) is 13.8 Å². The zero-order valence-corrected chi connectivity index (χ0v) is 12.8. The van der Waals surface area contributed by atoms with Crippen molar-refractivity contribution < 1.29 is 14.7 Å². The maximum atomic E-state index is 11.4. The molecule has 23 heavy (non-hydrogen) atoms. The number of phenols is 1. The summed E-state index contributed by atoms with van der Waals surface area (Å²) < 4.78 is 0. The fourth-order valence-electron chi connectivity index (χ4n) is 2.74. The highest BCUT2D eigenvalue weighted by Crippen LogP contribution is 2.39. The van der Waals surface area contributed by atoms with E-state index in [4.69, 9.17) is 0 Å². The largest absolute Gasteiger partial charge is 0.507 e. The monoisotopic (exact) mass is 308 g/mol. The summed E-state index contributed by atoms with van der Waals surface area (Å²) in [5.41, 5.74) is 1.23. The molecule has 0 bridgehead atoms. The number of carbonyl (C=O) groups excluding carboxylic acids is 2. The predicted octanol–water partition coefficient (Wildman–Crippen LogP) is 3.62. The lowest BCUT2D eigenvalue weighted by Crippen LogP contribution is -2.07. The van der Waals surface area contributed by atoms with Crippen LogP contribution in [0.4, 0.5) is 11.4 Å². The van der Waals surface area contributed by atoms with Crippen LogP contribution >= 0.6 is 0 Å². The van der Waals surface area contributed by atoms with Crippen LogP contribution in [0, 0.1) is 0 Å². The summed E-state index contributed by atoms with van der Waals surface area (Å²) in [5, 5.41) is 18.8. The Morgan fingerprint density at radius 2 is 1.22 bits per heavy atom. The first-order valence-electron chi connectivity index (χ1n) is 7.20. The lowest BCUT2D eigenvalue weighted by Gasteiger charge is -2.13. The molecule has 3 aromatic rings. The summed E-state index contributed by atoms with van der Waals surface area (Å²) >= 11 is 0. The standard InChI is InChI=1S/C18H16N2O3/c1-10(21)19-16-7-3-5-12-14(16)9-15-13(18(12)23)6-4-8-17(15)20-11(2)22/h3-9,23H,1-2H3,(H,19,21)(H,20,22). The van der Waals surface area contributed by atoms with Gasteiger partial charge in [0.2, 0.25) is 11.8 Å². The Hall–Kier alpha value is -3.08. The number of fused-ring (bicyclic) bond motifs is 2. The number of anilines is 2. The first kappa shape index (κ1) is 14.8. The Bertz CT molecular complexity index is 874. The van der Waals surface area contributed by atoms with Crippen LogP contribution in [0.15, 0.2) is 42.5 Å². The number of nitrogens with one attached hydrogen (secondary N) is 2. The molecule has 0 aliphatic rings. The molecule has 3 rings (SSSR count). The minimum Gasteiger partial charge on any atom is -0.507 e. The molecule has 3 N–H and O–H groups in total. The van der Waals surface area contributed by atoms with Gasteiger partial charge in [-0.15, -0.1) is 0 Å². The van der Waals surface area contributed by atoms with E-state index in [1.54, 1.807) is 36.4 Å². The molecule has 0 atom stereocenters. The molecule has 0 aliphatic carbocycles. The number of benzene rings is 3. The topological polar surface area (TPSA) is 78.4 Å². The molecular formula is C18H16N2O3. The number of hydrogen-bond donors (Lipinski definition) is 3. The molecule has 2 amide bonds. The van der Waals surface area contributed by atoms with Gasteiger partial charge in [0.05, 0.1) is 0 Å². The summed E-state index contributed by atoms with van der Waals surface area (Å²) in [4.78, 5) is 22.8. The van der Waals surface area contributed by atoms with E-state index < -0.39 is 0 Å². The average Bonchev–Trinajstić information content (AvgIpc) is 2.48. The molecule has 0 saturated carbocycles. The van der Waals surface area contributed by atoms with Crippen LogP contribution in [0.3, 0.4) is 0 Å². The molecule has 0 spiro atoms. The van der Waals surface area contributed by atoms with Gasteiger partial charge < -0.3 is 15.7 Å². The van der Waals surface area contributed by atoms with E-state index in [0.29, 0.717) is 32.9 Å². The van der Waals surface area contributed by atoms with Crippen LogP contribution in [0.2, 0.25) is 0 Å². The van der Waals surface area contributed by atoms with Crippen molar-refractivity contribution in [1.82, 2.24) is 0 Å². The van der Waals surface area contributed by atoms with Crippen molar-refractivity contribution >= 4 is 44.7 Å². The summed E-state index contributed by atoms with van der Waals surface area (Å²) in [7, 11) is 0. The number of hydrogen-bond acceptors (Lipinski definition) is 3. The summed E-state index contributed by atoms with van der Waals surface area (Å²) in [6.45, 7) is 2.87. The third-order valence-corrected chi connectivity index (χ3v) is 3.63. The highest BCUT2D eigenvalue weighted by Gasteiger charge is 2.12. The van der Waals surface area contributed by atoms with E-state index in [-0.39, 0.29) is 17.6 Å². The second-order valence-corrected chi connectivity index (χ2v) is 5.39. The number of rotatable bonds is 2. The molecule has 0 heterocycles. The van der Waals surface area contributed by atoms with Gasteiger partial charge in [0.15, 0.2) is 0 Å². The van der Waals surface area contributed by atoms with Crippen molar-refractivity contribution in [3.05, 3.63) is 42.5 Å². The van der Waals surface area contributed by atoms with Gasteiger partial charge in [-0.05, 0) is 18.2 Å². The first-order chi connectivity index (χ1) is 11.0. The number of carbonyl (C=O) groups is 2. The van der Waals surface area contributed by atoms with E-state index in [9.17, 15) is 14.7 Å². The maximum absolute atomic E-state index is 11.4. The molecule has 3 aromatic carbocycles. The fourth-order valence-corrected chi connectivity index (χ4v) is 2.74. The quantitative estimate of drug-likeness (QED) is 0.633. The molecule has 116 valence electrons. The second kappa shape index (κ2) is 5.61. The Labute approximate surface area is 132 Å². The number of aromatic hydroxyl groups is 1. The van der Waals surface area contributed by atoms with Crippen LogP contribution < -0.4 is 10.6 Å². The predicted molar refractivity (Wildman–Crippen MR) is 91.7 cm³/mol. The second-order valence-electron chi connectivity index (χ2n) is 5.39.